The molecular weight excluding hydrogens is 409 g/mol. The van der Waals surface area contributed by atoms with Gasteiger partial charge in [-0.2, -0.15) is 0 Å². The number of hydrogen-bond donors (Lipinski definition) is 1. The van der Waals surface area contributed by atoms with Crippen LogP contribution in [-0.4, -0.2) is 32.0 Å². The number of halogens is 1. The molecular formula is C24H18FN5O2. The van der Waals surface area contributed by atoms with Crippen molar-refractivity contribution in [3.63, 3.8) is 0 Å². The number of benzene rings is 2. The standard InChI is InChI=1S/C24H18FN5O2/c25-17-10-8-16(9-11-17)20-15-27-24(32-20)19-6-2-1-5-18(19)23(31)26-13-12-22-29-28-21-7-3-4-14-30(21)22/h1-11,14-15H,12-13H2,(H,26,31). The maximum absolute atomic E-state index is 13.2. The lowest BCUT2D eigenvalue weighted by Gasteiger charge is -2.08. The molecule has 2 aromatic carbocycles. The number of rotatable bonds is 6. The predicted octanol–water partition coefficient (Wildman–Crippen LogP) is 4.16. The Labute approximate surface area is 182 Å². The zero-order chi connectivity index (χ0) is 21.9. The minimum absolute atomic E-state index is 0.240. The summed E-state index contributed by atoms with van der Waals surface area (Å²) in [6, 6.07) is 18.7. The maximum atomic E-state index is 13.2. The highest BCUT2D eigenvalue weighted by Gasteiger charge is 2.17. The SMILES string of the molecule is O=C(NCCc1nnc2ccccn12)c1ccccc1-c1ncc(-c2ccc(F)cc2)o1. The van der Waals surface area contributed by atoms with Gasteiger partial charge in [0.15, 0.2) is 11.4 Å². The van der Waals surface area contributed by atoms with E-state index in [-0.39, 0.29) is 11.7 Å². The first kappa shape index (κ1) is 19.6. The zero-order valence-electron chi connectivity index (χ0n) is 16.9. The van der Waals surface area contributed by atoms with Gasteiger partial charge >= 0.3 is 0 Å². The third-order valence-corrected chi connectivity index (χ3v) is 5.06. The molecule has 0 aliphatic heterocycles. The largest absolute Gasteiger partial charge is 0.436 e. The van der Waals surface area contributed by atoms with Crippen molar-refractivity contribution in [3.8, 4) is 22.8 Å². The van der Waals surface area contributed by atoms with E-state index in [2.05, 4.69) is 20.5 Å². The molecule has 0 atom stereocenters. The van der Waals surface area contributed by atoms with Crippen LogP contribution in [0.5, 0.6) is 0 Å². The summed E-state index contributed by atoms with van der Waals surface area (Å²) < 4.78 is 20.9. The van der Waals surface area contributed by atoms with E-state index in [1.165, 1.54) is 12.1 Å². The summed E-state index contributed by atoms with van der Waals surface area (Å²) in [5, 5.41) is 11.2. The molecule has 0 bridgehead atoms. The number of pyridine rings is 1. The van der Waals surface area contributed by atoms with Crippen LogP contribution in [0.4, 0.5) is 4.39 Å². The molecule has 1 amide bonds. The Balaban J connectivity index is 1.32. The second-order valence-electron chi connectivity index (χ2n) is 7.13. The van der Waals surface area contributed by atoms with Crippen LogP contribution >= 0.6 is 0 Å². The van der Waals surface area contributed by atoms with Crippen molar-refractivity contribution >= 4 is 11.6 Å². The number of aromatic nitrogens is 4. The lowest BCUT2D eigenvalue weighted by Crippen LogP contribution is -2.26. The lowest BCUT2D eigenvalue weighted by atomic mass is 10.1. The predicted molar refractivity (Wildman–Crippen MR) is 116 cm³/mol. The molecule has 7 nitrogen and oxygen atoms in total. The Kier molecular flexibility index (Phi) is 5.17. The van der Waals surface area contributed by atoms with E-state index in [0.29, 0.717) is 41.3 Å². The summed E-state index contributed by atoms with van der Waals surface area (Å²) in [6.45, 7) is 0.398. The summed E-state index contributed by atoms with van der Waals surface area (Å²) in [7, 11) is 0. The fraction of sp³-hybridized carbons (Fsp3) is 0.0833. The molecule has 0 saturated heterocycles. The summed E-state index contributed by atoms with van der Waals surface area (Å²) >= 11 is 0. The van der Waals surface area contributed by atoms with Crippen LogP contribution in [0.3, 0.4) is 0 Å². The quantitative estimate of drug-likeness (QED) is 0.440. The normalized spacial score (nSPS) is 11.0. The van der Waals surface area contributed by atoms with Crippen LogP contribution in [0.1, 0.15) is 16.2 Å². The van der Waals surface area contributed by atoms with Crippen LogP contribution in [-0.2, 0) is 6.42 Å². The van der Waals surface area contributed by atoms with Crippen molar-refractivity contribution < 1.29 is 13.6 Å². The molecule has 8 heteroatoms. The van der Waals surface area contributed by atoms with E-state index in [0.717, 1.165) is 11.5 Å². The topological polar surface area (TPSA) is 85.3 Å². The fourth-order valence-electron chi connectivity index (χ4n) is 3.46. The summed E-state index contributed by atoms with van der Waals surface area (Å²) in [6.07, 6.45) is 3.99. The van der Waals surface area contributed by atoms with Gasteiger partial charge in [0.05, 0.1) is 11.8 Å². The molecule has 0 aliphatic carbocycles. The lowest BCUT2D eigenvalue weighted by molar-refractivity contribution is 0.0954. The zero-order valence-corrected chi connectivity index (χ0v) is 16.9. The smallest absolute Gasteiger partial charge is 0.252 e. The minimum Gasteiger partial charge on any atom is -0.436 e. The molecule has 0 aliphatic rings. The van der Waals surface area contributed by atoms with Crippen molar-refractivity contribution in [1.82, 2.24) is 24.9 Å². The maximum Gasteiger partial charge on any atom is 0.252 e. The van der Waals surface area contributed by atoms with Crippen molar-refractivity contribution in [1.29, 1.82) is 0 Å². The molecule has 0 fully saturated rings. The molecule has 5 rings (SSSR count). The van der Waals surface area contributed by atoms with Crippen LogP contribution in [0.25, 0.3) is 28.4 Å². The highest BCUT2D eigenvalue weighted by molar-refractivity contribution is 6.00. The number of fused-ring (bicyclic) bond motifs is 1. The van der Waals surface area contributed by atoms with E-state index >= 15 is 0 Å². The molecule has 0 unspecified atom stereocenters. The van der Waals surface area contributed by atoms with Crippen LogP contribution in [0, 0.1) is 5.82 Å². The first-order valence-electron chi connectivity index (χ1n) is 10.1. The third kappa shape index (κ3) is 3.85. The number of oxazole rings is 1. The number of nitrogens with zero attached hydrogens (tertiary/aromatic N) is 4. The molecule has 1 N–H and O–H groups in total. The van der Waals surface area contributed by atoms with E-state index in [9.17, 15) is 9.18 Å². The average molecular weight is 427 g/mol. The second-order valence-corrected chi connectivity index (χ2v) is 7.13. The number of hydrogen-bond acceptors (Lipinski definition) is 5. The van der Waals surface area contributed by atoms with Gasteiger partial charge in [0.1, 0.15) is 11.6 Å². The Morgan fingerprint density at radius 2 is 1.81 bits per heavy atom. The molecule has 0 radical (unpaired) electrons. The molecule has 158 valence electrons. The van der Waals surface area contributed by atoms with E-state index in [1.54, 1.807) is 36.5 Å². The molecule has 32 heavy (non-hydrogen) atoms. The van der Waals surface area contributed by atoms with Gasteiger partial charge in [-0.25, -0.2) is 9.37 Å². The van der Waals surface area contributed by atoms with Gasteiger partial charge in [0.25, 0.3) is 5.91 Å². The Bertz CT molecular complexity index is 1390. The Hall–Kier alpha value is -4.33. The van der Waals surface area contributed by atoms with Crippen LogP contribution in [0.15, 0.2) is 83.5 Å². The van der Waals surface area contributed by atoms with Gasteiger partial charge < -0.3 is 9.73 Å². The summed E-state index contributed by atoms with van der Waals surface area (Å²) in [4.78, 5) is 17.2. The first-order valence-corrected chi connectivity index (χ1v) is 10.1. The van der Waals surface area contributed by atoms with Crippen molar-refractivity contribution in [2.75, 3.05) is 6.54 Å². The number of carbonyl (C=O) groups excluding carboxylic acids is 1. The number of carbonyl (C=O) groups is 1. The van der Waals surface area contributed by atoms with Gasteiger partial charge in [-0.1, -0.05) is 18.2 Å². The monoisotopic (exact) mass is 427 g/mol. The second kappa shape index (κ2) is 8.43. The molecule has 3 aromatic heterocycles. The van der Waals surface area contributed by atoms with Crippen molar-refractivity contribution in [2.45, 2.75) is 6.42 Å². The van der Waals surface area contributed by atoms with Crippen molar-refractivity contribution in [2.24, 2.45) is 0 Å². The molecule has 0 saturated carbocycles. The van der Waals surface area contributed by atoms with Gasteiger partial charge in [-0.15, -0.1) is 10.2 Å². The molecule has 3 heterocycles. The van der Waals surface area contributed by atoms with E-state index in [4.69, 9.17) is 4.42 Å². The minimum atomic E-state index is -0.324. The highest BCUT2D eigenvalue weighted by atomic mass is 19.1. The molecule has 5 aromatic rings. The van der Waals surface area contributed by atoms with Gasteiger partial charge in [-0.05, 0) is 48.5 Å². The first-order chi connectivity index (χ1) is 15.7. The van der Waals surface area contributed by atoms with Gasteiger partial charge in [0.2, 0.25) is 5.89 Å². The van der Waals surface area contributed by atoms with Gasteiger partial charge in [0, 0.05) is 30.3 Å². The third-order valence-electron chi connectivity index (χ3n) is 5.06. The van der Waals surface area contributed by atoms with Crippen molar-refractivity contribution in [3.05, 3.63) is 96.3 Å². The van der Waals surface area contributed by atoms with Crippen LogP contribution in [0.2, 0.25) is 0 Å². The average Bonchev–Trinajstić information content (AvgIpc) is 3.47. The molecule has 0 spiro atoms. The fourth-order valence-corrected chi connectivity index (χ4v) is 3.46. The Morgan fingerprint density at radius 1 is 1.00 bits per heavy atom. The number of nitrogens with one attached hydrogen (secondary N) is 1. The Morgan fingerprint density at radius 3 is 2.69 bits per heavy atom. The summed E-state index contributed by atoms with van der Waals surface area (Å²) in [5.74, 6) is 1.02. The van der Waals surface area contributed by atoms with Crippen LogP contribution < -0.4 is 5.32 Å². The summed E-state index contributed by atoms with van der Waals surface area (Å²) in [5.41, 5.74) is 2.49. The highest BCUT2D eigenvalue weighted by Crippen LogP contribution is 2.28. The van der Waals surface area contributed by atoms with E-state index < -0.39 is 0 Å². The van der Waals surface area contributed by atoms with Gasteiger partial charge in [-0.3, -0.25) is 9.20 Å². The van der Waals surface area contributed by atoms with E-state index in [1.807, 2.05) is 34.9 Å². The number of amides is 1.